The number of hydrogen-bond donors (Lipinski definition) is 1. The standard InChI is InChI=1S/C7H12FNO4/c1-7(8,5(10)12-2)4-9-6(11)13-3/h4H2,1-3H3,(H,9,11)/t7-/m0/s1. The Hall–Kier alpha value is -1.33. The highest BCUT2D eigenvalue weighted by Gasteiger charge is 2.34. The molecule has 0 aliphatic carbocycles. The fourth-order valence-corrected chi connectivity index (χ4v) is 0.595. The summed E-state index contributed by atoms with van der Waals surface area (Å²) < 4.78 is 21.6. The molecule has 0 bridgehead atoms. The van der Waals surface area contributed by atoms with Crippen LogP contribution in [0.15, 0.2) is 0 Å². The monoisotopic (exact) mass is 193 g/mol. The molecule has 0 rings (SSSR count). The Morgan fingerprint density at radius 2 is 1.92 bits per heavy atom. The lowest BCUT2D eigenvalue weighted by atomic mass is 10.1. The molecule has 0 fully saturated rings. The highest BCUT2D eigenvalue weighted by atomic mass is 19.1. The van der Waals surface area contributed by atoms with Crippen molar-refractivity contribution in [3.05, 3.63) is 0 Å². The van der Waals surface area contributed by atoms with E-state index in [2.05, 4.69) is 14.8 Å². The van der Waals surface area contributed by atoms with Crippen molar-refractivity contribution in [2.75, 3.05) is 20.8 Å². The smallest absolute Gasteiger partial charge is 0.406 e. The van der Waals surface area contributed by atoms with Gasteiger partial charge in [-0.05, 0) is 6.92 Å². The maximum absolute atomic E-state index is 13.2. The molecular formula is C7H12FNO4. The molecule has 0 aromatic rings. The van der Waals surface area contributed by atoms with Crippen LogP contribution in [0, 0.1) is 0 Å². The second-order valence-electron chi connectivity index (χ2n) is 2.53. The quantitative estimate of drug-likeness (QED) is 0.652. The average Bonchev–Trinajstić information content (AvgIpc) is 2.12. The zero-order valence-corrected chi connectivity index (χ0v) is 7.72. The SMILES string of the molecule is COC(=O)NC[C@](C)(F)C(=O)OC. The number of carbonyl (C=O) groups is 2. The van der Waals surface area contributed by atoms with Gasteiger partial charge < -0.3 is 14.8 Å². The van der Waals surface area contributed by atoms with Crippen molar-refractivity contribution in [2.45, 2.75) is 12.6 Å². The molecule has 0 aliphatic heterocycles. The van der Waals surface area contributed by atoms with Crippen molar-refractivity contribution >= 4 is 12.1 Å². The van der Waals surface area contributed by atoms with Crippen molar-refractivity contribution in [3.8, 4) is 0 Å². The maximum Gasteiger partial charge on any atom is 0.406 e. The fraction of sp³-hybridized carbons (Fsp3) is 0.714. The van der Waals surface area contributed by atoms with Gasteiger partial charge in [-0.3, -0.25) is 0 Å². The summed E-state index contributed by atoms with van der Waals surface area (Å²) in [5, 5.41) is 2.05. The van der Waals surface area contributed by atoms with Crippen LogP contribution in [-0.2, 0) is 14.3 Å². The molecule has 13 heavy (non-hydrogen) atoms. The van der Waals surface area contributed by atoms with Gasteiger partial charge in [0.1, 0.15) is 0 Å². The minimum atomic E-state index is -2.23. The highest BCUT2D eigenvalue weighted by molar-refractivity contribution is 5.80. The summed E-state index contributed by atoms with van der Waals surface area (Å²) in [5.41, 5.74) is -2.23. The van der Waals surface area contributed by atoms with E-state index in [0.717, 1.165) is 21.1 Å². The molecule has 0 unspecified atom stereocenters. The summed E-state index contributed by atoms with van der Waals surface area (Å²) in [6.07, 6.45) is -0.798. The first-order chi connectivity index (χ1) is 5.94. The summed E-state index contributed by atoms with van der Waals surface area (Å²) in [4.78, 5) is 21.3. The van der Waals surface area contributed by atoms with Crippen LogP contribution >= 0.6 is 0 Å². The molecule has 0 aliphatic rings. The lowest BCUT2D eigenvalue weighted by Gasteiger charge is -2.16. The van der Waals surface area contributed by atoms with Crippen molar-refractivity contribution in [2.24, 2.45) is 0 Å². The van der Waals surface area contributed by atoms with Gasteiger partial charge in [0.2, 0.25) is 5.67 Å². The van der Waals surface area contributed by atoms with Gasteiger partial charge in [-0.1, -0.05) is 0 Å². The summed E-state index contributed by atoms with van der Waals surface area (Å²) in [6.45, 7) is 0.529. The van der Waals surface area contributed by atoms with Gasteiger partial charge in [0.25, 0.3) is 0 Å². The average molecular weight is 193 g/mol. The molecule has 0 aromatic carbocycles. The second kappa shape index (κ2) is 4.64. The van der Waals surface area contributed by atoms with Gasteiger partial charge in [0, 0.05) is 0 Å². The van der Waals surface area contributed by atoms with E-state index in [-0.39, 0.29) is 0 Å². The summed E-state index contributed by atoms with van der Waals surface area (Å²) in [6, 6.07) is 0. The van der Waals surface area contributed by atoms with Gasteiger partial charge in [-0.25, -0.2) is 14.0 Å². The number of methoxy groups -OCH3 is 2. The van der Waals surface area contributed by atoms with Crippen LogP contribution in [0.2, 0.25) is 0 Å². The van der Waals surface area contributed by atoms with Gasteiger partial charge in [-0.2, -0.15) is 0 Å². The minimum absolute atomic E-state index is 0.480. The van der Waals surface area contributed by atoms with E-state index in [4.69, 9.17) is 0 Å². The van der Waals surface area contributed by atoms with Gasteiger partial charge in [0.15, 0.2) is 0 Å². The maximum atomic E-state index is 13.2. The van der Waals surface area contributed by atoms with Crippen LogP contribution in [0.4, 0.5) is 9.18 Å². The van der Waals surface area contributed by atoms with Crippen LogP contribution in [-0.4, -0.2) is 38.5 Å². The third kappa shape index (κ3) is 3.73. The number of carbonyl (C=O) groups excluding carboxylic acids is 2. The number of rotatable bonds is 3. The summed E-state index contributed by atoms with van der Waals surface area (Å²) in [7, 11) is 2.21. The Balaban J connectivity index is 4.03. The Morgan fingerprint density at radius 1 is 1.38 bits per heavy atom. The van der Waals surface area contributed by atoms with Gasteiger partial charge in [-0.15, -0.1) is 0 Å². The number of esters is 1. The predicted octanol–water partition coefficient (Wildman–Crippen LogP) is 0.244. The highest BCUT2D eigenvalue weighted by Crippen LogP contribution is 2.10. The number of nitrogens with one attached hydrogen (secondary N) is 1. The van der Waals surface area contributed by atoms with Crippen LogP contribution < -0.4 is 5.32 Å². The first kappa shape index (κ1) is 11.7. The molecule has 1 amide bonds. The Morgan fingerprint density at radius 3 is 2.31 bits per heavy atom. The van der Waals surface area contributed by atoms with Gasteiger partial charge >= 0.3 is 12.1 Å². The zero-order chi connectivity index (χ0) is 10.5. The number of hydrogen-bond acceptors (Lipinski definition) is 4. The molecule has 1 N–H and O–H groups in total. The first-order valence-corrected chi connectivity index (χ1v) is 3.53. The van der Waals surface area contributed by atoms with Crippen LogP contribution in [0.25, 0.3) is 0 Å². The number of halogens is 1. The van der Waals surface area contributed by atoms with Crippen molar-refractivity contribution in [1.82, 2.24) is 5.32 Å². The zero-order valence-electron chi connectivity index (χ0n) is 7.72. The second-order valence-corrected chi connectivity index (χ2v) is 2.53. The van der Waals surface area contributed by atoms with E-state index in [1.165, 1.54) is 0 Å². The number of alkyl halides is 1. The Kier molecular flexibility index (Phi) is 4.16. The van der Waals surface area contributed by atoms with Crippen molar-refractivity contribution < 1.29 is 23.5 Å². The first-order valence-electron chi connectivity index (χ1n) is 3.53. The molecule has 0 radical (unpaired) electrons. The third-order valence-corrected chi connectivity index (χ3v) is 1.36. The Labute approximate surface area is 75.2 Å². The van der Waals surface area contributed by atoms with E-state index in [9.17, 15) is 14.0 Å². The van der Waals surface area contributed by atoms with E-state index in [0.29, 0.717) is 0 Å². The normalized spacial score (nSPS) is 14.2. The summed E-state index contributed by atoms with van der Waals surface area (Å²) >= 11 is 0. The predicted molar refractivity (Wildman–Crippen MR) is 41.9 cm³/mol. The molecule has 6 heteroatoms. The number of alkyl carbamates (subject to hydrolysis) is 1. The molecule has 76 valence electrons. The topological polar surface area (TPSA) is 64.6 Å². The van der Waals surface area contributed by atoms with Gasteiger partial charge in [0.05, 0.1) is 20.8 Å². The van der Waals surface area contributed by atoms with E-state index >= 15 is 0 Å². The minimum Gasteiger partial charge on any atom is -0.467 e. The van der Waals surface area contributed by atoms with Crippen molar-refractivity contribution in [1.29, 1.82) is 0 Å². The van der Waals surface area contributed by atoms with Crippen molar-refractivity contribution in [3.63, 3.8) is 0 Å². The van der Waals surface area contributed by atoms with Crippen LogP contribution in [0.1, 0.15) is 6.92 Å². The molecule has 0 spiro atoms. The molecule has 0 aromatic heterocycles. The van der Waals surface area contributed by atoms with E-state index in [1.807, 2.05) is 0 Å². The lowest BCUT2D eigenvalue weighted by Crippen LogP contribution is -2.43. The molecular weight excluding hydrogens is 181 g/mol. The third-order valence-electron chi connectivity index (χ3n) is 1.36. The lowest BCUT2D eigenvalue weighted by molar-refractivity contribution is -0.153. The van der Waals surface area contributed by atoms with E-state index < -0.39 is 24.3 Å². The largest absolute Gasteiger partial charge is 0.467 e. The molecule has 0 saturated heterocycles. The number of ether oxygens (including phenoxy) is 2. The molecule has 0 heterocycles. The van der Waals surface area contributed by atoms with Crippen LogP contribution in [0.5, 0.6) is 0 Å². The molecule has 5 nitrogen and oxygen atoms in total. The van der Waals surface area contributed by atoms with Crippen LogP contribution in [0.3, 0.4) is 0 Å². The number of amides is 1. The summed E-state index contributed by atoms with van der Waals surface area (Å²) in [5.74, 6) is -1.04. The molecule has 1 atom stereocenters. The fourth-order valence-electron chi connectivity index (χ4n) is 0.595. The Bertz CT molecular complexity index is 205. The van der Waals surface area contributed by atoms with E-state index in [1.54, 1.807) is 0 Å². The molecule has 0 saturated carbocycles.